The van der Waals surface area contributed by atoms with Crippen LogP contribution in [0.2, 0.25) is 0 Å². The number of benzene rings is 4. The van der Waals surface area contributed by atoms with Gasteiger partial charge in [-0.1, -0.05) is 109 Å². The first-order valence-electron chi connectivity index (χ1n) is 12.0. The predicted molar refractivity (Wildman–Crippen MR) is 140 cm³/mol. The summed E-state index contributed by atoms with van der Waals surface area (Å²) in [6.07, 6.45) is 1.57. The Hall–Kier alpha value is -4.24. The summed E-state index contributed by atoms with van der Waals surface area (Å²) in [5, 5.41) is 2.15. The maximum atomic E-state index is 16.4. The molecule has 1 atom stereocenters. The molecule has 35 heavy (non-hydrogen) atoms. The molecule has 1 unspecified atom stereocenters. The summed E-state index contributed by atoms with van der Waals surface area (Å²) in [5.41, 5.74) is 6.03. The normalized spacial score (nSPS) is 12.3. The van der Waals surface area contributed by atoms with Gasteiger partial charge in [0.15, 0.2) is 12.7 Å². The van der Waals surface area contributed by atoms with Crippen LogP contribution in [0.1, 0.15) is 28.7 Å². The SMILES string of the molecule is FC(c1ccccc1)n1c2ccccc2c2cc[n+](Cc3ccccc3)c(Cc3ccccc3)c21. The standard InChI is InChI=1S/C32H26FN2/c33-32(26-16-8-3-9-17-26)35-29-19-11-10-18-27(29)28-20-21-34(23-25-14-6-2-7-15-25)30(31(28)35)22-24-12-4-1-5-13-24/h1-21,32H,22-23H2/q+1. The van der Waals surface area contributed by atoms with E-state index in [1.54, 1.807) is 0 Å². The van der Waals surface area contributed by atoms with Gasteiger partial charge >= 0.3 is 0 Å². The van der Waals surface area contributed by atoms with Crippen molar-refractivity contribution in [1.82, 2.24) is 4.57 Å². The van der Waals surface area contributed by atoms with Gasteiger partial charge in [0.05, 0.1) is 11.9 Å². The van der Waals surface area contributed by atoms with Crippen LogP contribution in [0.3, 0.4) is 0 Å². The number of para-hydroxylation sites is 1. The summed E-state index contributed by atoms with van der Waals surface area (Å²) in [7, 11) is 0. The van der Waals surface area contributed by atoms with Crippen molar-refractivity contribution >= 4 is 21.8 Å². The van der Waals surface area contributed by atoms with Crippen LogP contribution < -0.4 is 4.57 Å². The maximum absolute atomic E-state index is 16.4. The van der Waals surface area contributed by atoms with Gasteiger partial charge in [0.1, 0.15) is 5.52 Å². The highest BCUT2D eigenvalue weighted by Gasteiger charge is 2.27. The number of pyridine rings is 1. The highest BCUT2D eigenvalue weighted by molar-refractivity contribution is 6.08. The van der Waals surface area contributed by atoms with Crippen LogP contribution in [0.4, 0.5) is 4.39 Å². The molecule has 0 aliphatic rings. The van der Waals surface area contributed by atoms with Crippen molar-refractivity contribution in [2.24, 2.45) is 0 Å². The number of hydrogen-bond acceptors (Lipinski definition) is 0. The molecule has 3 heteroatoms. The van der Waals surface area contributed by atoms with Gasteiger partial charge in [-0.2, -0.15) is 4.57 Å². The van der Waals surface area contributed by atoms with Crippen LogP contribution in [-0.2, 0) is 13.0 Å². The van der Waals surface area contributed by atoms with Crippen molar-refractivity contribution in [2.45, 2.75) is 19.3 Å². The van der Waals surface area contributed by atoms with Gasteiger partial charge in [0.25, 0.3) is 0 Å². The lowest BCUT2D eigenvalue weighted by molar-refractivity contribution is -0.694. The van der Waals surface area contributed by atoms with Gasteiger partial charge in [0.2, 0.25) is 12.0 Å². The van der Waals surface area contributed by atoms with Crippen molar-refractivity contribution in [3.63, 3.8) is 0 Å². The van der Waals surface area contributed by atoms with E-state index in [1.165, 1.54) is 11.1 Å². The number of aromatic nitrogens is 2. The molecule has 4 aromatic carbocycles. The molecule has 0 bridgehead atoms. The smallest absolute Gasteiger partial charge is 0.210 e. The molecule has 0 saturated heterocycles. The van der Waals surface area contributed by atoms with Gasteiger partial charge in [-0.15, -0.1) is 0 Å². The molecule has 2 heterocycles. The Morgan fingerprint density at radius 2 is 1.23 bits per heavy atom. The first-order valence-corrected chi connectivity index (χ1v) is 12.0. The van der Waals surface area contributed by atoms with Gasteiger partial charge in [-0.3, -0.25) is 0 Å². The second-order valence-corrected chi connectivity index (χ2v) is 8.93. The average Bonchev–Trinajstić information content (AvgIpc) is 3.26. The van der Waals surface area contributed by atoms with Crippen LogP contribution >= 0.6 is 0 Å². The third-order valence-corrected chi connectivity index (χ3v) is 6.70. The van der Waals surface area contributed by atoms with Crippen molar-refractivity contribution < 1.29 is 8.96 Å². The molecule has 0 saturated carbocycles. The molecule has 6 rings (SSSR count). The summed E-state index contributed by atoms with van der Waals surface area (Å²) < 4.78 is 20.6. The predicted octanol–water partition coefficient (Wildman–Crippen LogP) is 7.24. The lowest BCUT2D eigenvalue weighted by atomic mass is 10.1. The van der Waals surface area contributed by atoms with Gasteiger partial charge in [0, 0.05) is 28.0 Å². The zero-order valence-electron chi connectivity index (χ0n) is 19.4. The Labute approximate surface area is 204 Å². The van der Waals surface area contributed by atoms with E-state index in [1.807, 2.05) is 65.2 Å². The number of hydrogen-bond donors (Lipinski definition) is 0. The molecule has 0 spiro atoms. The van der Waals surface area contributed by atoms with E-state index in [-0.39, 0.29) is 0 Å². The zero-order valence-corrected chi connectivity index (χ0v) is 19.4. The van der Waals surface area contributed by atoms with Crippen molar-refractivity contribution in [2.75, 3.05) is 0 Å². The molecule has 6 aromatic rings. The van der Waals surface area contributed by atoms with Crippen molar-refractivity contribution in [3.8, 4) is 0 Å². The number of rotatable bonds is 6. The quantitative estimate of drug-likeness (QED) is 0.233. The maximum Gasteiger partial charge on any atom is 0.210 e. The summed E-state index contributed by atoms with van der Waals surface area (Å²) >= 11 is 0. The first-order chi connectivity index (χ1) is 17.3. The van der Waals surface area contributed by atoms with Crippen LogP contribution in [0.25, 0.3) is 21.8 Å². The lowest BCUT2D eigenvalue weighted by Crippen LogP contribution is -2.39. The van der Waals surface area contributed by atoms with Gasteiger partial charge in [-0.05, 0) is 11.6 Å². The summed E-state index contributed by atoms with van der Waals surface area (Å²) in [4.78, 5) is 0. The summed E-state index contributed by atoms with van der Waals surface area (Å²) in [5.74, 6) is 0. The topological polar surface area (TPSA) is 8.81 Å². The fraction of sp³-hybridized carbons (Fsp3) is 0.0938. The van der Waals surface area contributed by atoms with E-state index < -0.39 is 6.30 Å². The number of nitrogens with zero attached hydrogens (tertiary/aromatic N) is 2. The van der Waals surface area contributed by atoms with E-state index in [4.69, 9.17) is 0 Å². The molecule has 0 radical (unpaired) electrons. The minimum Gasteiger partial charge on any atom is -0.300 e. The molecule has 0 aliphatic carbocycles. The molecule has 2 nitrogen and oxygen atoms in total. The van der Waals surface area contributed by atoms with E-state index in [2.05, 4.69) is 71.4 Å². The second kappa shape index (κ2) is 9.19. The Balaban J connectivity index is 1.65. The lowest BCUT2D eigenvalue weighted by Gasteiger charge is -2.15. The largest absolute Gasteiger partial charge is 0.300 e. The molecule has 0 N–H and O–H groups in total. The van der Waals surface area contributed by atoms with E-state index in [0.29, 0.717) is 12.0 Å². The molecule has 0 aliphatic heterocycles. The van der Waals surface area contributed by atoms with E-state index >= 15 is 4.39 Å². The minimum atomic E-state index is -1.29. The Morgan fingerprint density at radius 1 is 0.629 bits per heavy atom. The monoisotopic (exact) mass is 457 g/mol. The number of halogens is 1. The fourth-order valence-electron chi connectivity index (χ4n) is 5.04. The highest BCUT2D eigenvalue weighted by Crippen LogP contribution is 2.36. The Bertz CT molecular complexity index is 1590. The molecular weight excluding hydrogens is 431 g/mol. The summed E-state index contributed by atoms with van der Waals surface area (Å²) in [6.45, 7) is 0.725. The molecule has 0 amide bonds. The van der Waals surface area contributed by atoms with Crippen LogP contribution in [-0.4, -0.2) is 4.57 Å². The average molecular weight is 458 g/mol. The molecule has 2 aromatic heterocycles. The highest BCUT2D eigenvalue weighted by atomic mass is 19.1. The second-order valence-electron chi connectivity index (χ2n) is 8.93. The molecular formula is C32H26FN2+. The first kappa shape index (κ1) is 21.3. The number of fused-ring (bicyclic) bond motifs is 3. The molecule has 0 fully saturated rings. The summed E-state index contributed by atoms with van der Waals surface area (Å²) in [6, 6.07) is 40.6. The van der Waals surface area contributed by atoms with E-state index in [0.717, 1.165) is 34.0 Å². The third kappa shape index (κ3) is 4.00. The van der Waals surface area contributed by atoms with Crippen molar-refractivity contribution in [1.29, 1.82) is 0 Å². The Kier molecular flexibility index (Phi) is 5.59. The van der Waals surface area contributed by atoms with Crippen molar-refractivity contribution in [3.05, 3.63) is 150 Å². The number of alkyl halides is 1. The van der Waals surface area contributed by atoms with Crippen LogP contribution in [0.5, 0.6) is 0 Å². The Morgan fingerprint density at radius 3 is 1.94 bits per heavy atom. The third-order valence-electron chi connectivity index (χ3n) is 6.70. The van der Waals surface area contributed by atoms with Gasteiger partial charge < -0.3 is 4.57 Å². The van der Waals surface area contributed by atoms with Crippen LogP contribution in [0.15, 0.2) is 128 Å². The molecule has 170 valence electrons. The van der Waals surface area contributed by atoms with Crippen LogP contribution in [0, 0.1) is 0 Å². The van der Waals surface area contributed by atoms with E-state index in [9.17, 15) is 0 Å². The minimum absolute atomic E-state index is 0.652. The fourth-order valence-corrected chi connectivity index (χ4v) is 5.04. The van der Waals surface area contributed by atoms with Gasteiger partial charge in [-0.25, -0.2) is 4.39 Å². The zero-order chi connectivity index (χ0) is 23.6.